The summed E-state index contributed by atoms with van der Waals surface area (Å²) in [6.07, 6.45) is 1.64. The maximum atomic E-state index is 10.7. The largest absolute Gasteiger partial charge is 0.480 e. The smallest absolute Gasteiger partial charge is 0.325 e. The van der Waals surface area contributed by atoms with E-state index in [2.05, 4.69) is 4.98 Å². The van der Waals surface area contributed by atoms with E-state index < -0.39 is 12.0 Å². The minimum atomic E-state index is -1.02. The number of carboxylic acids is 1. The van der Waals surface area contributed by atoms with Gasteiger partial charge in [0.15, 0.2) is 0 Å². The first-order valence-corrected chi connectivity index (χ1v) is 4.24. The molecule has 0 saturated carbocycles. The highest BCUT2D eigenvalue weighted by Gasteiger charge is 2.17. The summed E-state index contributed by atoms with van der Waals surface area (Å²) in [5.74, 6) is -1.02. The van der Waals surface area contributed by atoms with Crippen molar-refractivity contribution in [3.05, 3.63) is 36.0 Å². The van der Waals surface area contributed by atoms with Crippen LogP contribution in [0.2, 0.25) is 0 Å². The van der Waals surface area contributed by atoms with Crippen molar-refractivity contribution in [1.82, 2.24) is 4.98 Å². The molecule has 2 rings (SSSR count). The number of nitrogens with two attached hydrogens (primary N) is 1. The molecule has 1 heterocycles. The molecule has 0 spiro atoms. The Morgan fingerprint density at radius 2 is 2.14 bits per heavy atom. The monoisotopic (exact) mass is 190 g/mol. The third-order valence-electron chi connectivity index (χ3n) is 2.22. The maximum Gasteiger partial charge on any atom is 0.325 e. The SMILES string of the molecule is N[C@H](C(=O)O)c1c[nH]c2ccccc12. The molecule has 72 valence electrons. The summed E-state index contributed by atoms with van der Waals surface area (Å²) in [6.45, 7) is 0. The average molecular weight is 190 g/mol. The minimum Gasteiger partial charge on any atom is -0.480 e. The first kappa shape index (κ1) is 8.77. The van der Waals surface area contributed by atoms with Crippen molar-refractivity contribution in [3.63, 3.8) is 0 Å². The van der Waals surface area contributed by atoms with Crippen molar-refractivity contribution >= 4 is 16.9 Å². The van der Waals surface area contributed by atoms with Gasteiger partial charge >= 0.3 is 5.97 Å². The molecule has 0 aliphatic carbocycles. The van der Waals surface area contributed by atoms with Gasteiger partial charge in [0.1, 0.15) is 6.04 Å². The number of fused-ring (bicyclic) bond motifs is 1. The number of H-pyrrole nitrogens is 1. The lowest BCUT2D eigenvalue weighted by Crippen LogP contribution is -2.20. The molecule has 2 aromatic rings. The Hall–Kier alpha value is -1.81. The number of aliphatic carboxylic acids is 1. The fraction of sp³-hybridized carbons (Fsp3) is 0.100. The fourth-order valence-electron chi connectivity index (χ4n) is 1.48. The van der Waals surface area contributed by atoms with E-state index >= 15 is 0 Å². The second-order valence-corrected chi connectivity index (χ2v) is 3.11. The standard InChI is InChI=1S/C10H10N2O2/c11-9(10(13)14)7-5-12-8-4-2-1-3-6(7)8/h1-5,9,12H,11H2,(H,13,14)/t9-/m0/s1. The third kappa shape index (κ3) is 1.25. The Morgan fingerprint density at radius 1 is 1.43 bits per heavy atom. The van der Waals surface area contributed by atoms with Gasteiger partial charge in [-0.05, 0) is 6.07 Å². The zero-order valence-corrected chi connectivity index (χ0v) is 7.40. The Kier molecular flexibility index (Phi) is 1.98. The number of rotatable bonds is 2. The molecule has 0 amide bonds. The van der Waals surface area contributed by atoms with Crippen molar-refractivity contribution in [2.75, 3.05) is 0 Å². The number of hydrogen-bond acceptors (Lipinski definition) is 2. The second kappa shape index (κ2) is 3.16. The summed E-state index contributed by atoms with van der Waals surface area (Å²) in [5, 5.41) is 9.64. The molecular weight excluding hydrogens is 180 g/mol. The summed E-state index contributed by atoms with van der Waals surface area (Å²) in [4.78, 5) is 13.7. The molecular formula is C10H10N2O2. The van der Waals surface area contributed by atoms with E-state index in [0.29, 0.717) is 5.56 Å². The summed E-state index contributed by atoms with van der Waals surface area (Å²) in [7, 11) is 0. The number of benzene rings is 1. The maximum absolute atomic E-state index is 10.7. The van der Waals surface area contributed by atoms with Crippen LogP contribution < -0.4 is 5.73 Å². The number of hydrogen-bond donors (Lipinski definition) is 3. The topological polar surface area (TPSA) is 79.1 Å². The molecule has 1 atom stereocenters. The van der Waals surface area contributed by atoms with Gasteiger partial charge in [-0.1, -0.05) is 18.2 Å². The predicted octanol–water partition coefficient (Wildman–Crippen LogP) is 1.25. The van der Waals surface area contributed by atoms with E-state index in [1.54, 1.807) is 6.20 Å². The van der Waals surface area contributed by atoms with Gasteiger partial charge in [-0.2, -0.15) is 0 Å². The van der Waals surface area contributed by atoms with Gasteiger partial charge in [-0.15, -0.1) is 0 Å². The van der Waals surface area contributed by atoms with Crippen molar-refractivity contribution in [2.45, 2.75) is 6.04 Å². The third-order valence-corrected chi connectivity index (χ3v) is 2.22. The molecule has 0 saturated heterocycles. The molecule has 14 heavy (non-hydrogen) atoms. The van der Waals surface area contributed by atoms with Crippen LogP contribution in [0.1, 0.15) is 11.6 Å². The van der Waals surface area contributed by atoms with Crippen LogP contribution in [0.3, 0.4) is 0 Å². The Morgan fingerprint density at radius 3 is 2.86 bits per heavy atom. The molecule has 4 N–H and O–H groups in total. The molecule has 0 aliphatic heterocycles. The van der Waals surface area contributed by atoms with E-state index in [-0.39, 0.29) is 0 Å². The lowest BCUT2D eigenvalue weighted by molar-refractivity contribution is -0.138. The first-order chi connectivity index (χ1) is 6.70. The Labute approximate surface area is 80.3 Å². The molecule has 0 radical (unpaired) electrons. The van der Waals surface area contributed by atoms with Crippen LogP contribution in [0, 0.1) is 0 Å². The molecule has 0 bridgehead atoms. The zero-order valence-electron chi connectivity index (χ0n) is 7.40. The van der Waals surface area contributed by atoms with E-state index in [4.69, 9.17) is 10.8 Å². The number of carboxylic acid groups (broad SMARTS) is 1. The average Bonchev–Trinajstić information content (AvgIpc) is 2.60. The number of aromatic amines is 1. The normalized spacial score (nSPS) is 12.9. The van der Waals surface area contributed by atoms with Crippen LogP contribution >= 0.6 is 0 Å². The molecule has 1 aromatic carbocycles. The molecule has 0 aliphatic rings. The quantitative estimate of drug-likeness (QED) is 0.666. The fourth-order valence-corrected chi connectivity index (χ4v) is 1.48. The lowest BCUT2D eigenvalue weighted by atomic mass is 10.1. The van der Waals surface area contributed by atoms with Crippen LogP contribution in [0.4, 0.5) is 0 Å². The second-order valence-electron chi connectivity index (χ2n) is 3.11. The first-order valence-electron chi connectivity index (χ1n) is 4.24. The lowest BCUT2D eigenvalue weighted by Gasteiger charge is -2.03. The molecule has 0 unspecified atom stereocenters. The molecule has 4 nitrogen and oxygen atoms in total. The van der Waals surface area contributed by atoms with Crippen molar-refractivity contribution < 1.29 is 9.90 Å². The van der Waals surface area contributed by atoms with Gasteiger partial charge in [0.05, 0.1) is 0 Å². The van der Waals surface area contributed by atoms with Gasteiger partial charge in [0.25, 0.3) is 0 Å². The van der Waals surface area contributed by atoms with E-state index in [9.17, 15) is 4.79 Å². The molecule has 4 heteroatoms. The highest BCUT2D eigenvalue weighted by molar-refractivity contribution is 5.88. The number of nitrogens with one attached hydrogen (secondary N) is 1. The minimum absolute atomic E-state index is 0.619. The van der Waals surface area contributed by atoms with Crippen molar-refractivity contribution in [2.24, 2.45) is 5.73 Å². The van der Waals surface area contributed by atoms with Crippen LogP contribution in [-0.4, -0.2) is 16.1 Å². The predicted molar refractivity (Wildman–Crippen MR) is 52.9 cm³/mol. The van der Waals surface area contributed by atoms with Gasteiger partial charge in [0.2, 0.25) is 0 Å². The Balaban J connectivity index is 2.58. The van der Waals surface area contributed by atoms with E-state index in [0.717, 1.165) is 10.9 Å². The van der Waals surface area contributed by atoms with E-state index in [1.807, 2.05) is 24.3 Å². The van der Waals surface area contributed by atoms with Crippen molar-refractivity contribution in [3.8, 4) is 0 Å². The summed E-state index contributed by atoms with van der Waals surface area (Å²) >= 11 is 0. The van der Waals surface area contributed by atoms with Crippen LogP contribution in [-0.2, 0) is 4.79 Å². The Bertz CT molecular complexity index is 476. The van der Waals surface area contributed by atoms with Gasteiger partial charge in [-0.25, -0.2) is 0 Å². The number of para-hydroxylation sites is 1. The van der Waals surface area contributed by atoms with E-state index in [1.165, 1.54) is 0 Å². The number of aromatic nitrogens is 1. The summed E-state index contributed by atoms with van der Waals surface area (Å²) in [5.41, 5.74) is 7.05. The van der Waals surface area contributed by atoms with Gasteiger partial charge in [0, 0.05) is 22.7 Å². The van der Waals surface area contributed by atoms with Crippen molar-refractivity contribution in [1.29, 1.82) is 0 Å². The van der Waals surface area contributed by atoms with Gasteiger partial charge in [-0.3, -0.25) is 4.79 Å². The summed E-state index contributed by atoms with van der Waals surface area (Å²) in [6, 6.07) is 6.51. The molecule has 1 aromatic heterocycles. The summed E-state index contributed by atoms with van der Waals surface area (Å²) < 4.78 is 0. The van der Waals surface area contributed by atoms with Crippen LogP contribution in [0.5, 0.6) is 0 Å². The van der Waals surface area contributed by atoms with Crippen LogP contribution in [0.15, 0.2) is 30.5 Å². The van der Waals surface area contributed by atoms with Crippen LogP contribution in [0.25, 0.3) is 10.9 Å². The number of carbonyl (C=O) groups is 1. The van der Waals surface area contributed by atoms with Gasteiger partial charge < -0.3 is 15.8 Å². The zero-order chi connectivity index (χ0) is 10.1. The molecule has 0 fully saturated rings. The highest BCUT2D eigenvalue weighted by atomic mass is 16.4. The highest BCUT2D eigenvalue weighted by Crippen LogP contribution is 2.22.